The molecule has 0 saturated heterocycles. The monoisotopic (exact) mass is 356 g/mol. The molecular weight excluding hydrogens is 324 g/mol. The minimum atomic E-state index is -0.131. The van der Waals surface area contributed by atoms with Crippen molar-refractivity contribution in [3.63, 3.8) is 0 Å². The summed E-state index contributed by atoms with van der Waals surface area (Å²) in [6.45, 7) is 6.21. The second-order valence-corrected chi connectivity index (χ2v) is 9.15. The lowest BCUT2D eigenvalue weighted by Gasteiger charge is -2.53. The van der Waals surface area contributed by atoms with Crippen LogP contribution in [-0.4, -0.2) is 17.2 Å². The molecule has 6 atom stereocenters. The van der Waals surface area contributed by atoms with E-state index in [0.717, 1.165) is 19.3 Å². The molecule has 1 aromatic carbocycles. The molecule has 1 aromatic rings. The molecule has 26 heavy (non-hydrogen) atoms. The first-order valence-corrected chi connectivity index (χ1v) is 10.4. The van der Waals surface area contributed by atoms with Gasteiger partial charge in [0.2, 0.25) is 0 Å². The van der Waals surface area contributed by atoms with Gasteiger partial charge in [0, 0.05) is 12.3 Å². The molecule has 3 heteroatoms. The Bertz CT molecular complexity index is 697. The second-order valence-electron chi connectivity index (χ2n) is 9.15. The van der Waals surface area contributed by atoms with Gasteiger partial charge in [0.1, 0.15) is 11.9 Å². The summed E-state index contributed by atoms with van der Waals surface area (Å²) in [6.07, 6.45) is 8.15. The van der Waals surface area contributed by atoms with Gasteiger partial charge in [0.15, 0.2) is 0 Å². The quantitative estimate of drug-likeness (QED) is 0.757. The molecule has 2 unspecified atom stereocenters. The first kappa shape index (κ1) is 17.9. The highest BCUT2D eigenvalue weighted by atomic mass is 16.5. The van der Waals surface area contributed by atoms with Crippen LogP contribution in [0, 0.1) is 23.2 Å². The summed E-state index contributed by atoms with van der Waals surface area (Å²) in [5.74, 6) is 2.88. The number of rotatable bonds is 3. The number of hydrogen-bond donors (Lipinski definition) is 1. The second kappa shape index (κ2) is 6.58. The Morgan fingerprint density at radius 1 is 1.31 bits per heavy atom. The maximum atomic E-state index is 11.6. The average Bonchev–Trinajstić information content (AvgIpc) is 2.90. The van der Waals surface area contributed by atoms with Crippen LogP contribution in [0.15, 0.2) is 18.2 Å². The lowest BCUT2D eigenvalue weighted by Crippen LogP contribution is -2.48. The third-order valence-electron chi connectivity index (χ3n) is 7.77. The van der Waals surface area contributed by atoms with Gasteiger partial charge in [-0.15, -0.1) is 0 Å². The molecule has 2 fully saturated rings. The average molecular weight is 357 g/mol. The van der Waals surface area contributed by atoms with Crippen LogP contribution >= 0.6 is 0 Å². The molecular formula is C23H32O3. The first-order chi connectivity index (χ1) is 12.4. The van der Waals surface area contributed by atoms with Crippen LogP contribution in [0.4, 0.5) is 0 Å². The third-order valence-corrected chi connectivity index (χ3v) is 7.77. The maximum Gasteiger partial charge on any atom is 0.302 e. The molecule has 0 radical (unpaired) electrons. The van der Waals surface area contributed by atoms with E-state index in [1.54, 1.807) is 6.92 Å². The van der Waals surface area contributed by atoms with E-state index >= 15 is 0 Å². The van der Waals surface area contributed by atoms with E-state index in [1.807, 2.05) is 12.1 Å². The van der Waals surface area contributed by atoms with Crippen molar-refractivity contribution >= 4 is 5.97 Å². The van der Waals surface area contributed by atoms with Gasteiger partial charge in [-0.2, -0.15) is 0 Å². The fourth-order valence-electron chi connectivity index (χ4n) is 6.78. The Labute approximate surface area is 157 Å². The molecule has 0 spiro atoms. The van der Waals surface area contributed by atoms with Crippen molar-refractivity contribution in [1.82, 2.24) is 0 Å². The topological polar surface area (TPSA) is 46.5 Å². The van der Waals surface area contributed by atoms with Crippen molar-refractivity contribution in [2.24, 2.45) is 23.2 Å². The zero-order valence-electron chi connectivity index (χ0n) is 16.3. The number of benzene rings is 1. The number of phenolic OH excluding ortho intramolecular Hbond substituents is 1. The van der Waals surface area contributed by atoms with Gasteiger partial charge in [-0.05, 0) is 79.0 Å². The number of hydrogen-bond acceptors (Lipinski definition) is 3. The van der Waals surface area contributed by atoms with Crippen molar-refractivity contribution in [1.29, 1.82) is 0 Å². The van der Waals surface area contributed by atoms with Crippen LogP contribution < -0.4 is 0 Å². The maximum absolute atomic E-state index is 11.6. The van der Waals surface area contributed by atoms with Crippen molar-refractivity contribution in [3.05, 3.63) is 29.3 Å². The summed E-state index contributed by atoms with van der Waals surface area (Å²) < 4.78 is 5.77. The minimum absolute atomic E-state index is 0.0921. The van der Waals surface area contributed by atoms with Crippen LogP contribution in [0.1, 0.15) is 76.3 Å². The molecule has 3 aliphatic carbocycles. The predicted octanol–water partition coefficient (Wildman–Crippen LogP) is 5.21. The van der Waals surface area contributed by atoms with Gasteiger partial charge in [-0.1, -0.05) is 32.8 Å². The number of carbonyl (C=O) groups excluding carboxylic acids is 1. The number of phenols is 1. The van der Waals surface area contributed by atoms with Crippen molar-refractivity contribution in [3.8, 4) is 5.75 Å². The summed E-state index contributed by atoms with van der Waals surface area (Å²) in [7, 11) is 0. The summed E-state index contributed by atoms with van der Waals surface area (Å²) in [5.41, 5.74) is 2.97. The molecule has 0 aromatic heterocycles. The molecule has 1 N–H and O–H groups in total. The van der Waals surface area contributed by atoms with Crippen LogP contribution in [0.25, 0.3) is 0 Å². The lowest BCUT2D eigenvalue weighted by molar-refractivity contribution is -0.155. The highest BCUT2D eigenvalue weighted by molar-refractivity contribution is 5.66. The Kier molecular flexibility index (Phi) is 4.53. The van der Waals surface area contributed by atoms with E-state index in [2.05, 4.69) is 19.9 Å². The smallest absolute Gasteiger partial charge is 0.302 e. The van der Waals surface area contributed by atoms with Gasteiger partial charge in [-0.25, -0.2) is 0 Å². The number of carbonyl (C=O) groups is 1. The molecule has 0 amide bonds. The summed E-state index contributed by atoms with van der Waals surface area (Å²) in [5, 5.41) is 9.96. The SMILES string of the molecule is CCCC1Cc2cc(O)ccc2[C@H]2CC[C@]3(C)C(OC(C)=O)CC[C@H]3[C@H]12. The Hall–Kier alpha value is -1.51. The Balaban J connectivity index is 1.70. The van der Waals surface area contributed by atoms with E-state index in [9.17, 15) is 9.90 Å². The van der Waals surface area contributed by atoms with Gasteiger partial charge < -0.3 is 9.84 Å². The van der Waals surface area contributed by atoms with Crippen LogP contribution in [0.3, 0.4) is 0 Å². The van der Waals surface area contributed by atoms with E-state index in [-0.39, 0.29) is 17.5 Å². The highest BCUT2D eigenvalue weighted by Crippen LogP contribution is 2.63. The molecule has 0 aliphatic heterocycles. The van der Waals surface area contributed by atoms with Crippen molar-refractivity contribution in [2.75, 3.05) is 0 Å². The standard InChI is InChI=1S/C23H32O3/c1-4-5-15-12-16-13-17(25)6-7-18(16)19-10-11-23(3)20(22(15)19)8-9-21(23)26-14(2)24/h6-7,13,15,19-22,25H,4-5,8-12H2,1-3H3/t15?,19-,20+,21?,22-,23+/m1/s1. The van der Waals surface area contributed by atoms with Crippen LogP contribution in [0.2, 0.25) is 0 Å². The molecule has 3 nitrogen and oxygen atoms in total. The summed E-state index contributed by atoms with van der Waals surface area (Å²) in [6, 6.07) is 6.03. The van der Waals surface area contributed by atoms with Gasteiger partial charge >= 0.3 is 5.97 Å². The van der Waals surface area contributed by atoms with Gasteiger partial charge in [0.05, 0.1) is 0 Å². The van der Waals surface area contributed by atoms with Gasteiger partial charge in [-0.3, -0.25) is 4.79 Å². The fraction of sp³-hybridized carbons (Fsp3) is 0.696. The minimum Gasteiger partial charge on any atom is -0.508 e. The van der Waals surface area contributed by atoms with E-state index in [0.29, 0.717) is 29.4 Å². The Morgan fingerprint density at radius 3 is 2.85 bits per heavy atom. The first-order valence-electron chi connectivity index (χ1n) is 10.4. The number of aromatic hydroxyl groups is 1. The number of esters is 1. The molecule has 0 bridgehead atoms. The molecule has 4 rings (SSSR count). The number of ether oxygens (including phenoxy) is 1. The lowest BCUT2D eigenvalue weighted by atomic mass is 9.52. The van der Waals surface area contributed by atoms with Crippen molar-refractivity contribution in [2.45, 2.75) is 77.7 Å². The molecule has 0 heterocycles. The summed E-state index contributed by atoms with van der Waals surface area (Å²) >= 11 is 0. The Morgan fingerprint density at radius 2 is 2.12 bits per heavy atom. The van der Waals surface area contributed by atoms with E-state index < -0.39 is 0 Å². The van der Waals surface area contributed by atoms with Crippen molar-refractivity contribution < 1.29 is 14.6 Å². The van der Waals surface area contributed by atoms with Gasteiger partial charge in [0.25, 0.3) is 0 Å². The zero-order chi connectivity index (χ0) is 18.5. The molecule has 2 saturated carbocycles. The normalized spacial score (nSPS) is 38.2. The van der Waals surface area contributed by atoms with Crippen LogP contribution in [0.5, 0.6) is 5.75 Å². The highest BCUT2D eigenvalue weighted by Gasteiger charge is 2.57. The van der Waals surface area contributed by atoms with E-state index in [4.69, 9.17) is 4.74 Å². The predicted molar refractivity (Wildman–Crippen MR) is 102 cm³/mol. The molecule has 142 valence electrons. The largest absolute Gasteiger partial charge is 0.508 e. The fourth-order valence-corrected chi connectivity index (χ4v) is 6.78. The zero-order valence-corrected chi connectivity index (χ0v) is 16.3. The third kappa shape index (κ3) is 2.75. The van der Waals surface area contributed by atoms with Crippen LogP contribution in [-0.2, 0) is 16.0 Å². The number of fused-ring (bicyclic) bond motifs is 5. The summed E-state index contributed by atoms with van der Waals surface area (Å²) in [4.78, 5) is 11.6. The van der Waals surface area contributed by atoms with E-state index in [1.165, 1.54) is 36.8 Å². The molecule has 3 aliphatic rings.